The molecule has 5 heteroatoms. The van der Waals surface area contributed by atoms with E-state index >= 15 is 0 Å². The molecule has 0 aromatic carbocycles. The van der Waals surface area contributed by atoms with Gasteiger partial charge in [0.15, 0.2) is 16.6 Å². The van der Waals surface area contributed by atoms with Crippen molar-refractivity contribution < 1.29 is 13.6 Å². The van der Waals surface area contributed by atoms with Crippen LogP contribution < -0.4 is 0 Å². The van der Waals surface area contributed by atoms with Crippen molar-refractivity contribution in [3.8, 4) is 0 Å². The minimum atomic E-state index is -1.69. The molecule has 4 atom stereocenters. The van der Waals surface area contributed by atoms with E-state index < -0.39 is 16.6 Å². The Morgan fingerprint density at radius 2 is 1.30 bits per heavy atom. The lowest BCUT2D eigenvalue weighted by Gasteiger charge is -2.41. The van der Waals surface area contributed by atoms with Crippen LogP contribution in [-0.4, -0.2) is 41.1 Å². The molecule has 0 aromatic heterocycles. The maximum atomic E-state index is 7.07. The van der Waals surface area contributed by atoms with Crippen LogP contribution in [0.4, 0.5) is 0 Å². The average Bonchev–Trinajstić information content (AvgIpc) is 2.92. The summed E-state index contributed by atoms with van der Waals surface area (Å²) in [6, 6.07) is 7.13. The van der Waals surface area contributed by atoms with Crippen LogP contribution in [0.15, 0.2) is 0 Å². The van der Waals surface area contributed by atoms with E-state index in [0.29, 0.717) is 18.6 Å². The Balaban J connectivity index is 3.09. The Morgan fingerprint density at radius 3 is 1.70 bits per heavy atom. The second-order valence-electron chi connectivity index (χ2n) is 8.93. The normalized spacial score (nSPS) is 29.4. The van der Waals surface area contributed by atoms with Gasteiger partial charge in [-0.05, 0) is 49.6 Å². The second-order valence-corrected chi connectivity index (χ2v) is 18.4. The van der Waals surface area contributed by atoms with E-state index in [2.05, 4.69) is 62.3 Å². The van der Waals surface area contributed by atoms with E-state index in [1.165, 1.54) is 36.3 Å². The van der Waals surface area contributed by atoms with Gasteiger partial charge in [0.05, 0.1) is 18.8 Å². The van der Waals surface area contributed by atoms with E-state index in [1.807, 2.05) is 0 Å². The molecule has 162 valence electrons. The molecule has 0 aromatic rings. The highest BCUT2D eigenvalue weighted by molar-refractivity contribution is 6.74. The lowest BCUT2D eigenvalue weighted by atomic mass is 9.90. The molecule has 0 spiro atoms. The first-order valence-corrected chi connectivity index (χ1v) is 16.8. The van der Waals surface area contributed by atoms with Gasteiger partial charge in [0.1, 0.15) is 5.60 Å². The lowest BCUT2D eigenvalue weighted by Crippen LogP contribution is -2.53. The van der Waals surface area contributed by atoms with Crippen molar-refractivity contribution in [1.29, 1.82) is 0 Å². The van der Waals surface area contributed by atoms with Gasteiger partial charge in [0.2, 0.25) is 0 Å². The van der Waals surface area contributed by atoms with Crippen LogP contribution in [0.2, 0.25) is 36.3 Å². The first-order valence-electron chi connectivity index (χ1n) is 11.7. The van der Waals surface area contributed by atoms with Crippen molar-refractivity contribution in [3.05, 3.63) is 0 Å². The fourth-order valence-electron chi connectivity index (χ4n) is 4.85. The predicted octanol–water partition coefficient (Wildman–Crippen LogP) is 6.99. The van der Waals surface area contributed by atoms with Crippen molar-refractivity contribution in [2.24, 2.45) is 5.92 Å². The van der Waals surface area contributed by atoms with Gasteiger partial charge in [-0.25, -0.2) is 0 Å². The van der Waals surface area contributed by atoms with Gasteiger partial charge in [-0.15, -0.1) is 0 Å². The third kappa shape index (κ3) is 5.68. The molecule has 1 aliphatic heterocycles. The van der Waals surface area contributed by atoms with Gasteiger partial charge in [-0.3, -0.25) is 0 Å². The Bertz CT molecular complexity index is 407. The minimum Gasteiger partial charge on any atom is -0.414 e. The number of hydrogen-bond acceptors (Lipinski definition) is 3. The molecular formula is C22H48O3Si2. The molecule has 1 saturated heterocycles. The summed E-state index contributed by atoms with van der Waals surface area (Å²) in [7, 11) is -3.32. The molecule has 0 amide bonds. The summed E-state index contributed by atoms with van der Waals surface area (Å²) in [5.74, 6) is 0.441. The number of rotatable bonds is 13. The maximum absolute atomic E-state index is 7.07. The molecule has 0 radical (unpaired) electrons. The largest absolute Gasteiger partial charge is 0.414 e. The quantitative estimate of drug-likeness (QED) is 0.303. The van der Waals surface area contributed by atoms with Crippen molar-refractivity contribution in [3.63, 3.8) is 0 Å². The highest BCUT2D eigenvalue weighted by Gasteiger charge is 2.53. The zero-order valence-electron chi connectivity index (χ0n) is 19.8. The number of ether oxygens (including phenoxy) is 1. The van der Waals surface area contributed by atoms with Gasteiger partial charge in [-0.2, -0.15) is 0 Å². The Labute approximate surface area is 172 Å². The Morgan fingerprint density at radius 1 is 0.815 bits per heavy atom. The van der Waals surface area contributed by atoms with Gasteiger partial charge in [0.25, 0.3) is 0 Å². The molecule has 27 heavy (non-hydrogen) atoms. The van der Waals surface area contributed by atoms with Gasteiger partial charge in [-0.1, -0.05) is 61.8 Å². The maximum Gasteiger partial charge on any atom is 0.192 e. The van der Waals surface area contributed by atoms with Crippen LogP contribution >= 0.6 is 0 Å². The molecule has 0 saturated carbocycles. The summed E-state index contributed by atoms with van der Waals surface area (Å²) in [4.78, 5) is 0. The third-order valence-electron chi connectivity index (χ3n) is 7.57. The topological polar surface area (TPSA) is 27.7 Å². The molecule has 1 heterocycles. The zero-order chi connectivity index (χ0) is 20.7. The van der Waals surface area contributed by atoms with Gasteiger partial charge >= 0.3 is 0 Å². The monoisotopic (exact) mass is 416 g/mol. The summed E-state index contributed by atoms with van der Waals surface area (Å²) in [6.45, 7) is 21.4. The summed E-state index contributed by atoms with van der Waals surface area (Å²) >= 11 is 0. The Hall–Kier alpha value is 0.314. The summed E-state index contributed by atoms with van der Waals surface area (Å²) in [6.07, 6.45) is 2.74. The molecule has 0 unspecified atom stereocenters. The summed E-state index contributed by atoms with van der Waals surface area (Å²) < 4.78 is 20.5. The molecule has 1 rings (SSSR count). The van der Waals surface area contributed by atoms with Crippen molar-refractivity contribution in [1.82, 2.24) is 0 Å². The van der Waals surface area contributed by atoms with Gasteiger partial charge < -0.3 is 13.6 Å². The highest BCUT2D eigenvalue weighted by atomic mass is 28.4. The second kappa shape index (κ2) is 10.9. The molecule has 0 bridgehead atoms. The van der Waals surface area contributed by atoms with Crippen molar-refractivity contribution in [2.75, 3.05) is 6.61 Å². The van der Waals surface area contributed by atoms with Crippen LogP contribution in [-0.2, 0) is 13.6 Å². The first kappa shape index (κ1) is 25.4. The van der Waals surface area contributed by atoms with E-state index in [4.69, 9.17) is 13.6 Å². The predicted molar refractivity (Wildman–Crippen MR) is 123 cm³/mol. The van der Waals surface area contributed by atoms with Crippen LogP contribution in [0.5, 0.6) is 0 Å². The lowest BCUT2D eigenvalue weighted by molar-refractivity contribution is -0.0926. The Kier molecular flexibility index (Phi) is 10.2. The third-order valence-corrected chi connectivity index (χ3v) is 16.8. The molecule has 0 N–H and O–H groups in total. The smallest absolute Gasteiger partial charge is 0.192 e. The summed E-state index contributed by atoms with van der Waals surface area (Å²) in [5, 5.41) is 0. The fourth-order valence-corrected chi connectivity index (χ4v) is 10.6. The van der Waals surface area contributed by atoms with Crippen LogP contribution in [0.1, 0.15) is 75.2 Å². The molecule has 0 aliphatic carbocycles. The van der Waals surface area contributed by atoms with Crippen LogP contribution in [0.3, 0.4) is 0 Å². The first-order chi connectivity index (χ1) is 12.7. The molecule has 1 fully saturated rings. The molecular weight excluding hydrogens is 368 g/mol. The van der Waals surface area contributed by atoms with E-state index in [1.54, 1.807) is 0 Å². The standard InChI is InChI=1S/C22H48O3Si2/c1-10-17-20-19(8)21(25-27(14-5,15-6)16-7)22(9,24-20)18-23-26(11-2,12-3)13-4/h19-21H,10-18H2,1-9H3/t19-,20+,21+,22-/m0/s1. The van der Waals surface area contributed by atoms with Crippen molar-refractivity contribution in [2.45, 2.75) is 129 Å². The molecule has 3 nitrogen and oxygen atoms in total. The fraction of sp³-hybridized carbons (Fsp3) is 1.00. The average molecular weight is 417 g/mol. The van der Waals surface area contributed by atoms with E-state index in [9.17, 15) is 0 Å². The van der Waals surface area contributed by atoms with Crippen molar-refractivity contribution >= 4 is 16.6 Å². The zero-order valence-corrected chi connectivity index (χ0v) is 21.8. The minimum absolute atomic E-state index is 0.165. The number of hydrogen-bond donors (Lipinski definition) is 0. The molecule has 1 aliphatic rings. The van der Waals surface area contributed by atoms with Crippen LogP contribution in [0.25, 0.3) is 0 Å². The van der Waals surface area contributed by atoms with E-state index in [0.717, 1.165) is 12.8 Å². The van der Waals surface area contributed by atoms with Gasteiger partial charge in [0, 0.05) is 5.92 Å². The summed E-state index contributed by atoms with van der Waals surface area (Å²) in [5.41, 5.74) is -0.311. The van der Waals surface area contributed by atoms with E-state index in [-0.39, 0.29) is 11.7 Å². The highest BCUT2D eigenvalue weighted by Crippen LogP contribution is 2.43. The van der Waals surface area contributed by atoms with Crippen LogP contribution in [0, 0.1) is 5.92 Å². The SMILES string of the molecule is CCC[C@H]1O[C@@](C)(CO[Si](CC)(CC)CC)[C@H](O[Si](CC)(CC)CC)[C@H]1C.